The van der Waals surface area contributed by atoms with Crippen LogP contribution in [0.3, 0.4) is 0 Å². The number of aliphatic carboxylic acids is 1. The third-order valence-electron chi connectivity index (χ3n) is 4.31. The summed E-state index contributed by atoms with van der Waals surface area (Å²) in [6, 6.07) is 7.28. The van der Waals surface area contributed by atoms with Gasteiger partial charge in [-0.05, 0) is 37.1 Å². The molecule has 0 saturated carbocycles. The predicted molar refractivity (Wildman–Crippen MR) is 122 cm³/mol. The van der Waals surface area contributed by atoms with Crippen molar-refractivity contribution in [3.05, 3.63) is 29.3 Å². The number of carboxylic acid groups (broad SMARTS) is 1. The molecule has 1 rings (SSSR count). The van der Waals surface area contributed by atoms with Crippen molar-refractivity contribution in [1.82, 2.24) is 0 Å². The van der Waals surface area contributed by atoms with E-state index in [-0.39, 0.29) is 25.0 Å². The largest absolute Gasteiger partial charge is 0.870 e. The number of unbranched alkanes of at least 4 members (excludes halogenated alkanes) is 5. The molecule has 32 heavy (non-hydrogen) atoms. The molecular formula is C21H37ClNO8P. The van der Waals surface area contributed by atoms with Crippen LogP contribution in [0.1, 0.15) is 44.9 Å². The molecule has 1 aromatic carbocycles. The summed E-state index contributed by atoms with van der Waals surface area (Å²) in [5.41, 5.74) is 0. The second kappa shape index (κ2) is 15.6. The molecule has 0 fully saturated rings. The average Bonchev–Trinajstić information content (AvgIpc) is 2.62. The molecule has 3 N–H and O–H groups in total. The first-order valence-corrected chi connectivity index (χ1v) is 12.4. The first-order chi connectivity index (χ1) is 14.5. The number of nitrogens with zero attached hydrogens (tertiary/aromatic N) is 1. The van der Waals surface area contributed by atoms with Gasteiger partial charge in [0.1, 0.15) is 18.4 Å². The van der Waals surface area contributed by atoms with E-state index in [4.69, 9.17) is 30.5 Å². The summed E-state index contributed by atoms with van der Waals surface area (Å²) in [4.78, 5) is 20.9. The van der Waals surface area contributed by atoms with Crippen molar-refractivity contribution < 1.29 is 43.1 Å². The van der Waals surface area contributed by atoms with Gasteiger partial charge in [-0.25, -0.2) is 4.57 Å². The van der Waals surface area contributed by atoms with E-state index in [2.05, 4.69) is 0 Å². The highest BCUT2D eigenvalue weighted by Gasteiger charge is 2.31. The molecule has 1 aromatic rings. The van der Waals surface area contributed by atoms with Gasteiger partial charge in [-0.1, -0.05) is 37.3 Å². The number of ether oxygens (including phenoxy) is 1. The van der Waals surface area contributed by atoms with E-state index in [1.165, 1.54) is 0 Å². The second-order valence-corrected chi connectivity index (χ2v) is 10.4. The van der Waals surface area contributed by atoms with Crippen molar-refractivity contribution in [2.45, 2.75) is 51.0 Å². The maximum absolute atomic E-state index is 12.1. The average molecular weight is 498 g/mol. The number of phosphoric ester groups is 1. The first kappa shape index (κ1) is 30.8. The zero-order chi connectivity index (χ0) is 23.3. The standard InChI is InChI=1S/C21H35ClNO7P.H2O/c1-23(2,3)17-20(16-21(24)25)30-31(26,27)29-15-9-7-5-4-6-8-14-28-19-12-10-18(22)11-13-19;/h10-13,20H,4-9,14-17H2,1-3H3,(H-,24,25,26,27);1H2/t20-;/m1./s1. The highest BCUT2D eigenvalue weighted by Crippen LogP contribution is 2.45. The predicted octanol–water partition coefficient (Wildman–Crippen LogP) is 4.57. The monoisotopic (exact) mass is 497 g/mol. The van der Waals surface area contributed by atoms with E-state index in [1.54, 1.807) is 12.1 Å². The van der Waals surface area contributed by atoms with Gasteiger partial charge < -0.3 is 24.7 Å². The minimum atomic E-state index is -4.29. The summed E-state index contributed by atoms with van der Waals surface area (Å²) in [7, 11) is 1.27. The fourth-order valence-electron chi connectivity index (χ4n) is 2.97. The number of halogens is 1. The lowest BCUT2D eigenvalue weighted by Crippen LogP contribution is -2.42. The lowest BCUT2D eigenvalue weighted by molar-refractivity contribution is -0.873. The zero-order valence-electron chi connectivity index (χ0n) is 19.1. The van der Waals surface area contributed by atoms with Crippen molar-refractivity contribution in [2.24, 2.45) is 0 Å². The molecule has 0 heterocycles. The number of hydrogen-bond acceptors (Lipinski definition) is 6. The van der Waals surface area contributed by atoms with E-state index in [1.807, 2.05) is 33.3 Å². The van der Waals surface area contributed by atoms with Gasteiger partial charge in [-0.15, -0.1) is 0 Å². The fourth-order valence-corrected chi connectivity index (χ4v) is 4.04. The van der Waals surface area contributed by atoms with E-state index in [0.29, 0.717) is 22.5 Å². The molecule has 0 radical (unpaired) electrons. The van der Waals surface area contributed by atoms with Crippen molar-refractivity contribution in [3.8, 4) is 5.75 Å². The topological polar surface area (TPSA) is 132 Å². The maximum Gasteiger partial charge on any atom is 0.472 e. The minimum absolute atomic E-state index is 0. The van der Waals surface area contributed by atoms with Crippen LogP contribution in [0.15, 0.2) is 24.3 Å². The Morgan fingerprint density at radius 1 is 1.03 bits per heavy atom. The van der Waals surface area contributed by atoms with E-state index in [0.717, 1.165) is 37.9 Å². The van der Waals surface area contributed by atoms with Gasteiger partial charge in [0.15, 0.2) is 0 Å². The number of benzene rings is 1. The Morgan fingerprint density at radius 2 is 1.56 bits per heavy atom. The maximum atomic E-state index is 12.1. The van der Waals surface area contributed by atoms with E-state index >= 15 is 0 Å². The zero-order valence-corrected chi connectivity index (χ0v) is 20.8. The molecule has 1 unspecified atom stereocenters. The lowest BCUT2D eigenvalue weighted by Gasteiger charge is -2.29. The first-order valence-electron chi connectivity index (χ1n) is 10.5. The molecule has 0 spiro atoms. The van der Waals surface area contributed by atoms with Crippen LogP contribution >= 0.6 is 19.4 Å². The quantitative estimate of drug-likeness (QED) is 0.182. The second-order valence-electron chi connectivity index (χ2n) is 8.52. The van der Waals surface area contributed by atoms with Crippen LogP contribution < -0.4 is 4.74 Å². The number of hydrogen-bond donors (Lipinski definition) is 2. The molecule has 0 aliphatic rings. The summed E-state index contributed by atoms with van der Waals surface area (Å²) in [6.45, 7) is 1.03. The van der Waals surface area contributed by atoms with Gasteiger partial charge in [0.05, 0.1) is 40.8 Å². The number of carboxylic acids is 1. The summed E-state index contributed by atoms with van der Waals surface area (Å²) in [6.07, 6.45) is 4.28. The van der Waals surface area contributed by atoms with Crippen LogP contribution in [-0.4, -0.2) is 72.9 Å². The van der Waals surface area contributed by atoms with Crippen LogP contribution in [0, 0.1) is 0 Å². The molecule has 11 heteroatoms. The van der Waals surface area contributed by atoms with Gasteiger partial charge in [-0.2, -0.15) is 0 Å². The highest BCUT2D eigenvalue weighted by atomic mass is 35.5. The lowest BCUT2D eigenvalue weighted by atomic mass is 10.1. The van der Waals surface area contributed by atoms with E-state index < -0.39 is 19.9 Å². The number of quaternary nitrogens is 1. The summed E-state index contributed by atoms with van der Waals surface area (Å²) >= 11 is 5.83. The summed E-state index contributed by atoms with van der Waals surface area (Å²) in [5.74, 6) is -0.277. The van der Waals surface area contributed by atoms with Crippen molar-refractivity contribution >= 4 is 25.4 Å². The molecule has 0 bridgehead atoms. The van der Waals surface area contributed by atoms with E-state index in [9.17, 15) is 14.3 Å². The molecule has 0 aliphatic carbocycles. The molecule has 0 aliphatic heterocycles. The Labute approximate surface area is 195 Å². The highest BCUT2D eigenvalue weighted by molar-refractivity contribution is 7.47. The SMILES string of the molecule is C[N+](C)(C)C[C@@H](CC(=O)O)OP(=O)(O)OCCCCCCCCOc1ccc(Cl)cc1.[OH-]. The van der Waals surface area contributed by atoms with Crippen LogP contribution in [0.5, 0.6) is 5.75 Å². The van der Waals surface area contributed by atoms with Crippen LogP contribution in [0.2, 0.25) is 5.02 Å². The summed E-state index contributed by atoms with van der Waals surface area (Å²) in [5, 5.41) is 9.67. The Bertz CT molecular complexity index is 696. The minimum Gasteiger partial charge on any atom is -0.870 e. The molecule has 186 valence electrons. The number of phosphoric acid groups is 1. The molecule has 0 amide bonds. The molecular weight excluding hydrogens is 461 g/mol. The van der Waals surface area contributed by atoms with Crippen molar-refractivity contribution in [2.75, 3.05) is 40.9 Å². The van der Waals surface area contributed by atoms with Crippen LogP contribution in [0.25, 0.3) is 0 Å². The van der Waals surface area contributed by atoms with Gasteiger partial charge in [-0.3, -0.25) is 13.8 Å². The van der Waals surface area contributed by atoms with Gasteiger partial charge in [0, 0.05) is 5.02 Å². The third kappa shape index (κ3) is 16.4. The van der Waals surface area contributed by atoms with Gasteiger partial charge in [0.2, 0.25) is 0 Å². The number of carbonyl (C=O) groups is 1. The fraction of sp³-hybridized carbons (Fsp3) is 0.667. The Kier molecular flexibility index (Phi) is 15.0. The summed E-state index contributed by atoms with van der Waals surface area (Å²) < 4.78 is 28.3. The molecule has 0 aromatic heterocycles. The number of likely N-dealkylation sites (N-methyl/N-ethyl adjacent to an activating group) is 1. The Morgan fingerprint density at radius 3 is 2.09 bits per heavy atom. The van der Waals surface area contributed by atoms with Gasteiger partial charge in [0.25, 0.3) is 0 Å². The Balaban J connectivity index is 0.00000961. The van der Waals surface area contributed by atoms with Crippen molar-refractivity contribution in [3.63, 3.8) is 0 Å². The molecule has 2 atom stereocenters. The third-order valence-corrected chi connectivity index (χ3v) is 5.64. The number of rotatable bonds is 17. The normalized spacial score (nSPS) is 14.3. The van der Waals surface area contributed by atoms with Gasteiger partial charge >= 0.3 is 13.8 Å². The molecule has 9 nitrogen and oxygen atoms in total. The van der Waals surface area contributed by atoms with Crippen LogP contribution in [0.4, 0.5) is 0 Å². The molecule has 0 saturated heterocycles. The van der Waals surface area contributed by atoms with Crippen molar-refractivity contribution in [1.29, 1.82) is 0 Å². The smallest absolute Gasteiger partial charge is 0.472 e. The Hall–Kier alpha value is -1.19. The van der Waals surface area contributed by atoms with Crippen LogP contribution in [-0.2, 0) is 18.4 Å².